The van der Waals surface area contributed by atoms with Crippen molar-refractivity contribution in [2.75, 3.05) is 21.3 Å². The number of H-pyrrole nitrogens is 1. The van der Waals surface area contributed by atoms with Crippen molar-refractivity contribution in [2.45, 2.75) is 0 Å². The van der Waals surface area contributed by atoms with Crippen LogP contribution in [0.5, 0.6) is 17.2 Å². The zero-order chi connectivity index (χ0) is 19.4. The average Bonchev–Trinajstić information content (AvgIpc) is 3.14. The second-order valence-corrected chi connectivity index (χ2v) is 5.71. The quantitative estimate of drug-likeness (QED) is 0.407. The highest BCUT2D eigenvalue weighted by Gasteiger charge is 2.18. The third kappa shape index (κ3) is 3.35. The number of methoxy groups -OCH3 is 3. The number of aromatic amines is 1. The van der Waals surface area contributed by atoms with E-state index in [2.05, 4.69) is 4.98 Å². The van der Waals surface area contributed by atoms with E-state index >= 15 is 0 Å². The molecule has 0 aliphatic heterocycles. The summed E-state index contributed by atoms with van der Waals surface area (Å²) in [7, 11) is 4.53. The maximum Gasteiger partial charge on any atom is 0.205 e. The van der Waals surface area contributed by atoms with Crippen LogP contribution in [0.3, 0.4) is 0 Å². The van der Waals surface area contributed by atoms with E-state index in [1.54, 1.807) is 18.3 Å². The highest BCUT2D eigenvalue weighted by Crippen LogP contribution is 2.38. The van der Waals surface area contributed by atoms with Crippen LogP contribution in [0.15, 0.2) is 48.2 Å². The number of allylic oxidation sites excluding steroid dienone is 1. The van der Waals surface area contributed by atoms with Gasteiger partial charge in [0.05, 0.1) is 21.3 Å². The van der Waals surface area contributed by atoms with Crippen LogP contribution in [0.2, 0.25) is 0 Å². The van der Waals surface area contributed by atoms with Crippen LogP contribution in [0.4, 0.5) is 0 Å². The zero-order valence-corrected chi connectivity index (χ0v) is 15.2. The van der Waals surface area contributed by atoms with Crippen LogP contribution < -0.4 is 14.2 Å². The lowest BCUT2D eigenvalue weighted by atomic mass is 10.0. The minimum Gasteiger partial charge on any atom is -0.493 e. The number of para-hydroxylation sites is 1. The fourth-order valence-corrected chi connectivity index (χ4v) is 2.90. The van der Waals surface area contributed by atoms with Crippen LogP contribution in [0.1, 0.15) is 15.9 Å². The molecule has 3 aromatic rings. The fourth-order valence-electron chi connectivity index (χ4n) is 2.90. The van der Waals surface area contributed by atoms with Crippen LogP contribution in [0, 0.1) is 11.3 Å². The number of carbonyl (C=O) groups excluding carboxylic acids is 1. The molecule has 0 atom stereocenters. The third-order valence-electron chi connectivity index (χ3n) is 4.20. The smallest absolute Gasteiger partial charge is 0.205 e. The Labute approximate surface area is 156 Å². The average molecular weight is 362 g/mol. The van der Waals surface area contributed by atoms with Crippen LogP contribution >= 0.6 is 0 Å². The maximum absolute atomic E-state index is 12.9. The molecule has 3 rings (SSSR count). The third-order valence-corrected chi connectivity index (χ3v) is 4.20. The summed E-state index contributed by atoms with van der Waals surface area (Å²) in [6, 6.07) is 12.8. The molecular formula is C21H18N2O4. The Bertz CT molecular complexity index is 1050. The summed E-state index contributed by atoms with van der Waals surface area (Å²) in [5, 5.41) is 10.3. The summed E-state index contributed by atoms with van der Waals surface area (Å²) < 4.78 is 15.9. The van der Waals surface area contributed by atoms with Gasteiger partial charge >= 0.3 is 0 Å². The topological polar surface area (TPSA) is 84.3 Å². The first-order valence-electron chi connectivity index (χ1n) is 8.15. The Kier molecular flexibility index (Phi) is 5.13. The van der Waals surface area contributed by atoms with Gasteiger partial charge in [-0.1, -0.05) is 18.2 Å². The van der Waals surface area contributed by atoms with E-state index in [9.17, 15) is 10.1 Å². The monoisotopic (exact) mass is 362 g/mol. The van der Waals surface area contributed by atoms with Crippen molar-refractivity contribution >= 4 is 22.8 Å². The van der Waals surface area contributed by atoms with E-state index in [1.807, 2.05) is 30.3 Å². The summed E-state index contributed by atoms with van der Waals surface area (Å²) in [5.41, 5.74) is 1.89. The molecule has 0 saturated heterocycles. The van der Waals surface area contributed by atoms with Gasteiger partial charge in [0.1, 0.15) is 11.6 Å². The predicted molar refractivity (Wildman–Crippen MR) is 102 cm³/mol. The van der Waals surface area contributed by atoms with E-state index in [0.717, 1.165) is 10.9 Å². The minimum absolute atomic E-state index is 0.00836. The highest BCUT2D eigenvalue weighted by molar-refractivity contribution is 6.19. The Morgan fingerprint density at radius 2 is 1.74 bits per heavy atom. The lowest BCUT2D eigenvalue weighted by Crippen LogP contribution is -2.01. The van der Waals surface area contributed by atoms with Gasteiger partial charge in [-0.2, -0.15) is 5.26 Å². The van der Waals surface area contributed by atoms with Gasteiger partial charge in [-0.05, 0) is 29.8 Å². The maximum atomic E-state index is 12.9. The fraction of sp³-hybridized carbons (Fsp3) is 0.143. The summed E-state index contributed by atoms with van der Waals surface area (Å²) in [4.78, 5) is 15.9. The lowest BCUT2D eigenvalue weighted by Gasteiger charge is -2.13. The van der Waals surface area contributed by atoms with Gasteiger partial charge in [0.2, 0.25) is 11.5 Å². The van der Waals surface area contributed by atoms with Gasteiger partial charge < -0.3 is 19.2 Å². The van der Waals surface area contributed by atoms with Gasteiger partial charge in [0, 0.05) is 22.7 Å². The van der Waals surface area contributed by atoms with E-state index in [-0.39, 0.29) is 11.4 Å². The normalized spacial score (nSPS) is 11.1. The van der Waals surface area contributed by atoms with Crippen molar-refractivity contribution in [3.05, 3.63) is 59.3 Å². The summed E-state index contributed by atoms with van der Waals surface area (Å²) >= 11 is 0. The summed E-state index contributed by atoms with van der Waals surface area (Å²) in [5.74, 6) is 0.974. The van der Waals surface area contributed by atoms with Gasteiger partial charge in [-0.25, -0.2) is 0 Å². The van der Waals surface area contributed by atoms with Crippen LogP contribution in [-0.4, -0.2) is 32.1 Å². The van der Waals surface area contributed by atoms with Crippen molar-refractivity contribution < 1.29 is 19.0 Å². The second-order valence-electron chi connectivity index (χ2n) is 5.71. The van der Waals surface area contributed by atoms with Crippen molar-refractivity contribution in [2.24, 2.45) is 0 Å². The Morgan fingerprint density at radius 3 is 2.33 bits per heavy atom. The molecule has 0 radical (unpaired) electrons. The molecule has 0 unspecified atom stereocenters. The molecule has 0 saturated carbocycles. The van der Waals surface area contributed by atoms with Crippen molar-refractivity contribution in [3.8, 4) is 23.3 Å². The number of hydrogen-bond acceptors (Lipinski definition) is 5. The van der Waals surface area contributed by atoms with E-state index in [1.165, 1.54) is 27.4 Å². The molecule has 0 aliphatic carbocycles. The molecule has 136 valence electrons. The number of ketones is 1. The molecule has 1 N–H and O–H groups in total. The molecule has 0 bridgehead atoms. The number of benzene rings is 2. The number of rotatable bonds is 6. The Hall–Kier alpha value is -3.72. The number of nitrogens with one attached hydrogen (secondary N) is 1. The van der Waals surface area contributed by atoms with Crippen LogP contribution in [0.25, 0.3) is 17.0 Å². The predicted octanol–water partition coefficient (Wildman–Crippen LogP) is 3.98. The van der Waals surface area contributed by atoms with Crippen LogP contribution in [-0.2, 0) is 0 Å². The van der Waals surface area contributed by atoms with Gasteiger partial charge in [-0.3, -0.25) is 4.79 Å². The van der Waals surface area contributed by atoms with Gasteiger partial charge in [-0.15, -0.1) is 0 Å². The molecule has 0 amide bonds. The molecule has 2 aromatic carbocycles. The number of aromatic nitrogens is 1. The summed E-state index contributed by atoms with van der Waals surface area (Å²) in [6.45, 7) is 0. The number of nitriles is 1. The SMILES string of the molecule is COc1cc(/C=C(\C#N)C(=O)c2c[nH]c3ccccc23)cc(OC)c1OC. The molecule has 27 heavy (non-hydrogen) atoms. The molecule has 0 fully saturated rings. The molecule has 6 heteroatoms. The lowest BCUT2D eigenvalue weighted by molar-refractivity contribution is 0.104. The first-order chi connectivity index (χ1) is 13.1. The van der Waals surface area contributed by atoms with Crippen molar-refractivity contribution in [1.29, 1.82) is 5.26 Å². The number of hydrogen-bond donors (Lipinski definition) is 1. The molecule has 0 spiro atoms. The number of nitrogens with zero attached hydrogens (tertiary/aromatic N) is 1. The molecule has 1 heterocycles. The summed E-state index contributed by atoms with van der Waals surface area (Å²) in [6.07, 6.45) is 3.13. The Balaban J connectivity index is 2.06. The molecular weight excluding hydrogens is 344 g/mol. The largest absolute Gasteiger partial charge is 0.493 e. The van der Waals surface area contributed by atoms with E-state index in [0.29, 0.717) is 28.4 Å². The van der Waals surface area contributed by atoms with Crippen molar-refractivity contribution in [1.82, 2.24) is 4.98 Å². The Morgan fingerprint density at radius 1 is 1.07 bits per heavy atom. The minimum atomic E-state index is -0.358. The van der Waals surface area contributed by atoms with Crippen molar-refractivity contribution in [3.63, 3.8) is 0 Å². The number of ether oxygens (including phenoxy) is 3. The zero-order valence-electron chi connectivity index (χ0n) is 15.2. The molecule has 6 nitrogen and oxygen atoms in total. The van der Waals surface area contributed by atoms with E-state index < -0.39 is 0 Å². The number of Topliss-reactive ketones (excluding diaryl/α,β-unsaturated/α-hetero) is 1. The molecule has 0 aliphatic rings. The highest BCUT2D eigenvalue weighted by atomic mass is 16.5. The first kappa shape index (κ1) is 18.1. The first-order valence-corrected chi connectivity index (χ1v) is 8.15. The number of fused-ring (bicyclic) bond motifs is 1. The molecule has 1 aromatic heterocycles. The van der Waals surface area contributed by atoms with Gasteiger partial charge in [0.15, 0.2) is 11.5 Å². The standard InChI is InChI=1S/C21H18N2O4/c1-25-18-9-13(10-19(26-2)21(18)27-3)8-14(11-22)20(24)16-12-23-17-7-5-4-6-15(16)17/h4-10,12,23H,1-3H3/b14-8+. The van der Waals surface area contributed by atoms with Gasteiger partial charge in [0.25, 0.3) is 0 Å². The number of carbonyl (C=O) groups is 1. The van der Waals surface area contributed by atoms with E-state index in [4.69, 9.17) is 14.2 Å². The second kappa shape index (κ2) is 7.67.